The topological polar surface area (TPSA) is 140 Å². The van der Waals surface area contributed by atoms with E-state index in [4.69, 9.17) is 16.9 Å². The molecular formula is C15H24N8O. The molecule has 1 aromatic rings. The summed E-state index contributed by atoms with van der Waals surface area (Å²) in [6.07, 6.45) is 2.70. The Hall–Kier alpha value is -2.42. The van der Waals surface area contributed by atoms with Crippen molar-refractivity contribution in [2.24, 2.45) is 16.5 Å². The minimum absolute atomic E-state index is 0.271. The number of aromatic nitrogens is 2. The molecule has 9 heteroatoms. The molecular weight excluding hydrogens is 308 g/mol. The zero-order valence-corrected chi connectivity index (χ0v) is 13.7. The van der Waals surface area contributed by atoms with Crippen LogP contribution in [0.3, 0.4) is 0 Å². The lowest BCUT2D eigenvalue weighted by atomic mass is 10.2. The summed E-state index contributed by atoms with van der Waals surface area (Å²) in [7, 11) is 0. The van der Waals surface area contributed by atoms with E-state index in [0.29, 0.717) is 56.0 Å². The Bertz CT molecular complexity index is 640. The molecule has 1 aliphatic heterocycles. The fourth-order valence-electron chi connectivity index (χ4n) is 2.85. The molecule has 0 spiro atoms. The summed E-state index contributed by atoms with van der Waals surface area (Å²) in [5.74, 6) is 1.67. The number of H-pyrrole nitrogens is 1. The van der Waals surface area contributed by atoms with Crippen LogP contribution in [0, 0.1) is 5.41 Å². The number of piperazine rings is 1. The summed E-state index contributed by atoms with van der Waals surface area (Å²) in [5, 5.41) is 15.3. The molecule has 9 nitrogen and oxygen atoms in total. The first-order chi connectivity index (χ1) is 11.5. The Morgan fingerprint density at radius 1 is 1.33 bits per heavy atom. The number of amidine groups is 2. The molecule has 2 aliphatic rings. The van der Waals surface area contributed by atoms with Crippen molar-refractivity contribution in [2.45, 2.75) is 25.2 Å². The van der Waals surface area contributed by atoms with Crippen LogP contribution in [0.15, 0.2) is 11.1 Å². The van der Waals surface area contributed by atoms with E-state index in [1.54, 1.807) is 0 Å². The Balaban J connectivity index is 1.48. The van der Waals surface area contributed by atoms with Crippen LogP contribution in [-0.4, -0.2) is 70.3 Å². The van der Waals surface area contributed by atoms with Gasteiger partial charge in [-0.2, -0.15) is 5.10 Å². The Morgan fingerprint density at radius 3 is 2.67 bits per heavy atom. The van der Waals surface area contributed by atoms with Gasteiger partial charge in [-0.3, -0.25) is 20.2 Å². The summed E-state index contributed by atoms with van der Waals surface area (Å²) in [6, 6.07) is 1.93. The minimum atomic E-state index is -0.320. The number of aromatic amines is 1. The second kappa shape index (κ2) is 7.00. The number of rotatable bonds is 6. The Morgan fingerprint density at radius 2 is 2.04 bits per heavy atom. The number of hydrogen-bond donors (Lipinski definition) is 4. The van der Waals surface area contributed by atoms with Crippen molar-refractivity contribution in [3.05, 3.63) is 11.8 Å². The standard InChI is InChI=1S/C15H24N8O/c16-12(19-15-7-11(20-21-15)10-1-2-10)8-13(17)23-5-3-22(4-6-23)9-14(18)24/h7,10,17H,1-6,8-9H2,(H2,18,24)(H3,16,19,20,21). The predicted molar refractivity (Wildman–Crippen MR) is 91.4 cm³/mol. The van der Waals surface area contributed by atoms with Crippen LogP contribution < -0.4 is 11.5 Å². The largest absolute Gasteiger partial charge is 0.387 e. The number of carbonyl (C=O) groups excluding carboxylic acids is 1. The van der Waals surface area contributed by atoms with Gasteiger partial charge < -0.3 is 16.4 Å². The number of nitrogens with two attached hydrogens (primary N) is 2. The summed E-state index contributed by atoms with van der Waals surface area (Å²) in [6.45, 7) is 3.08. The molecule has 0 bridgehead atoms. The molecule has 1 aromatic heterocycles. The van der Waals surface area contributed by atoms with Crippen molar-refractivity contribution in [1.29, 1.82) is 5.41 Å². The molecule has 1 aliphatic carbocycles. The van der Waals surface area contributed by atoms with Crippen LogP contribution in [0.2, 0.25) is 0 Å². The van der Waals surface area contributed by atoms with Crippen LogP contribution in [0.4, 0.5) is 5.82 Å². The van der Waals surface area contributed by atoms with E-state index < -0.39 is 0 Å². The van der Waals surface area contributed by atoms with Gasteiger partial charge in [-0.25, -0.2) is 4.99 Å². The second-order valence-electron chi connectivity index (χ2n) is 6.41. The summed E-state index contributed by atoms with van der Waals surface area (Å²) in [4.78, 5) is 19.2. The Kier molecular flexibility index (Phi) is 4.79. The van der Waals surface area contributed by atoms with Crippen LogP contribution in [0.25, 0.3) is 0 Å². The van der Waals surface area contributed by atoms with E-state index >= 15 is 0 Å². The normalized spacial score (nSPS) is 19.5. The van der Waals surface area contributed by atoms with Crippen LogP contribution in [0.5, 0.6) is 0 Å². The third kappa shape index (κ3) is 4.31. The van der Waals surface area contributed by atoms with Crippen molar-refractivity contribution in [1.82, 2.24) is 20.0 Å². The lowest BCUT2D eigenvalue weighted by Crippen LogP contribution is -2.50. The van der Waals surface area contributed by atoms with Crippen LogP contribution in [0.1, 0.15) is 30.9 Å². The molecule has 1 saturated heterocycles. The van der Waals surface area contributed by atoms with Gasteiger partial charge in [0, 0.05) is 43.9 Å². The van der Waals surface area contributed by atoms with Crippen molar-refractivity contribution in [3.63, 3.8) is 0 Å². The summed E-state index contributed by atoms with van der Waals surface area (Å²) < 4.78 is 0. The van der Waals surface area contributed by atoms with Gasteiger partial charge in [-0.05, 0) is 12.8 Å². The average Bonchev–Trinajstić information content (AvgIpc) is 3.28. The van der Waals surface area contributed by atoms with Crippen molar-refractivity contribution in [3.8, 4) is 0 Å². The summed E-state index contributed by atoms with van der Waals surface area (Å²) >= 11 is 0. The number of aliphatic imine (C=N–C) groups is 1. The fraction of sp³-hybridized carbons (Fsp3) is 0.600. The molecule has 0 unspecified atom stereocenters. The van der Waals surface area contributed by atoms with Gasteiger partial charge in [-0.1, -0.05) is 0 Å². The van der Waals surface area contributed by atoms with E-state index in [9.17, 15) is 4.79 Å². The summed E-state index contributed by atoms with van der Waals surface area (Å²) in [5.41, 5.74) is 12.3. The molecule has 0 aromatic carbocycles. The van der Waals surface area contributed by atoms with Crippen molar-refractivity contribution in [2.75, 3.05) is 32.7 Å². The lowest BCUT2D eigenvalue weighted by molar-refractivity contribution is -0.119. The van der Waals surface area contributed by atoms with Gasteiger partial charge in [-0.15, -0.1) is 0 Å². The van der Waals surface area contributed by atoms with Crippen LogP contribution in [-0.2, 0) is 4.79 Å². The van der Waals surface area contributed by atoms with Crippen LogP contribution >= 0.6 is 0 Å². The highest BCUT2D eigenvalue weighted by molar-refractivity contribution is 6.01. The maximum atomic E-state index is 10.9. The van der Waals surface area contributed by atoms with Gasteiger partial charge in [0.1, 0.15) is 11.7 Å². The average molecular weight is 332 g/mol. The molecule has 2 heterocycles. The molecule has 1 saturated carbocycles. The molecule has 0 atom stereocenters. The lowest BCUT2D eigenvalue weighted by Gasteiger charge is -2.35. The van der Waals surface area contributed by atoms with E-state index in [-0.39, 0.29) is 12.5 Å². The number of nitrogens with zero attached hydrogens (tertiary/aromatic N) is 4. The molecule has 24 heavy (non-hydrogen) atoms. The molecule has 3 rings (SSSR count). The quantitative estimate of drug-likeness (QED) is 0.420. The smallest absolute Gasteiger partial charge is 0.231 e. The second-order valence-corrected chi connectivity index (χ2v) is 6.41. The van der Waals surface area contributed by atoms with Gasteiger partial charge >= 0.3 is 0 Å². The third-order valence-corrected chi connectivity index (χ3v) is 4.34. The van der Waals surface area contributed by atoms with E-state index in [2.05, 4.69) is 15.2 Å². The molecule has 0 radical (unpaired) electrons. The zero-order valence-electron chi connectivity index (χ0n) is 13.7. The fourth-order valence-corrected chi connectivity index (χ4v) is 2.85. The van der Waals surface area contributed by atoms with Gasteiger partial charge in [0.15, 0.2) is 5.82 Å². The Labute approximate surface area is 140 Å². The SMILES string of the molecule is N=C(CC(N)=Nc1cc(C2CC2)[nH]n1)N1CCN(CC(N)=O)CC1. The van der Waals surface area contributed by atoms with Gasteiger partial charge in [0.25, 0.3) is 0 Å². The number of amides is 1. The van der Waals surface area contributed by atoms with Gasteiger partial charge in [0.2, 0.25) is 5.91 Å². The maximum absolute atomic E-state index is 10.9. The predicted octanol–water partition coefficient (Wildman–Crippen LogP) is -0.254. The first-order valence-electron chi connectivity index (χ1n) is 8.22. The zero-order chi connectivity index (χ0) is 17.1. The van der Waals surface area contributed by atoms with E-state index in [0.717, 1.165) is 5.69 Å². The van der Waals surface area contributed by atoms with E-state index in [1.165, 1.54) is 12.8 Å². The highest BCUT2D eigenvalue weighted by atomic mass is 16.1. The van der Waals surface area contributed by atoms with Crippen molar-refractivity contribution >= 4 is 23.4 Å². The highest BCUT2D eigenvalue weighted by Crippen LogP contribution is 2.39. The van der Waals surface area contributed by atoms with E-state index in [1.807, 2.05) is 15.9 Å². The first kappa shape index (κ1) is 16.4. The molecule has 1 amide bonds. The number of nitrogens with one attached hydrogen (secondary N) is 2. The van der Waals surface area contributed by atoms with Gasteiger partial charge in [0.05, 0.1) is 13.0 Å². The monoisotopic (exact) mass is 332 g/mol. The first-order valence-corrected chi connectivity index (χ1v) is 8.22. The molecule has 130 valence electrons. The minimum Gasteiger partial charge on any atom is -0.387 e. The maximum Gasteiger partial charge on any atom is 0.231 e. The molecule has 2 fully saturated rings. The number of hydrogen-bond acceptors (Lipinski definition) is 5. The van der Waals surface area contributed by atoms with Crippen molar-refractivity contribution < 1.29 is 4.79 Å². The number of primary amides is 1. The number of carbonyl (C=O) groups is 1. The highest BCUT2D eigenvalue weighted by Gasteiger charge is 2.25. The third-order valence-electron chi connectivity index (χ3n) is 4.34. The molecule has 6 N–H and O–H groups in total.